The van der Waals surface area contributed by atoms with Crippen LogP contribution in [0.4, 0.5) is 29.3 Å². The molecular weight excluding hydrogens is 445 g/mol. The average Bonchev–Trinajstić information content (AvgIpc) is 2.81. The fourth-order valence-electron chi connectivity index (χ4n) is 3.95. The second kappa shape index (κ2) is 9.54. The molecule has 0 spiro atoms. The van der Waals surface area contributed by atoms with Gasteiger partial charge in [-0.2, -0.15) is 13.2 Å². The van der Waals surface area contributed by atoms with Crippen LogP contribution in [0.3, 0.4) is 0 Å². The van der Waals surface area contributed by atoms with Crippen LogP contribution in [0.15, 0.2) is 67.0 Å². The highest BCUT2D eigenvalue weighted by Gasteiger charge is 2.32. The number of carbonyl (C=O) groups is 2. The van der Waals surface area contributed by atoms with E-state index in [-0.39, 0.29) is 11.6 Å². The predicted molar refractivity (Wildman–Crippen MR) is 123 cm³/mol. The number of pyridine rings is 1. The minimum absolute atomic E-state index is 0.201. The van der Waals surface area contributed by atoms with Crippen LogP contribution in [0, 0.1) is 6.92 Å². The molecule has 6 nitrogen and oxygen atoms in total. The molecule has 9 heteroatoms. The fourth-order valence-corrected chi connectivity index (χ4v) is 3.95. The van der Waals surface area contributed by atoms with Gasteiger partial charge in [0, 0.05) is 30.3 Å². The van der Waals surface area contributed by atoms with Gasteiger partial charge in [-0.15, -0.1) is 0 Å². The number of piperidine rings is 1. The minimum Gasteiger partial charge on any atom is -0.326 e. The maximum absolute atomic E-state index is 13.0. The number of rotatable bonds is 4. The standard InChI is InChI=1S/C25H23F3N4O2/c1-16-15-29-13-12-21(16)17-4-10-20(11-5-17)32-14-2-3-22(23(32)33)31-24(34)30-19-8-6-18(7-9-19)25(26,27)28/h4-13,15,22H,2-3,14H2,1H3,(H2,30,31,34). The van der Waals surface area contributed by atoms with Crippen molar-refractivity contribution in [1.82, 2.24) is 10.3 Å². The number of urea groups is 1. The summed E-state index contributed by atoms with van der Waals surface area (Å²) in [6.07, 6.45) is 0.250. The number of amides is 3. The zero-order valence-electron chi connectivity index (χ0n) is 18.4. The molecule has 1 atom stereocenters. The third-order valence-electron chi connectivity index (χ3n) is 5.72. The first kappa shape index (κ1) is 23.3. The molecule has 2 heterocycles. The lowest BCUT2D eigenvalue weighted by Gasteiger charge is -2.32. The molecule has 1 unspecified atom stereocenters. The number of aryl methyl sites for hydroxylation is 1. The third-order valence-corrected chi connectivity index (χ3v) is 5.72. The maximum atomic E-state index is 13.0. The van der Waals surface area contributed by atoms with E-state index in [0.717, 1.165) is 34.5 Å². The first-order valence-electron chi connectivity index (χ1n) is 10.8. The first-order chi connectivity index (χ1) is 16.2. The summed E-state index contributed by atoms with van der Waals surface area (Å²) in [6, 6.07) is 12.3. The number of nitrogens with zero attached hydrogens (tertiary/aromatic N) is 2. The molecule has 1 fully saturated rings. The number of halogens is 3. The van der Waals surface area contributed by atoms with Crippen LogP contribution in [0.2, 0.25) is 0 Å². The highest BCUT2D eigenvalue weighted by molar-refractivity contribution is 6.01. The lowest BCUT2D eigenvalue weighted by atomic mass is 10.0. The van der Waals surface area contributed by atoms with Crippen molar-refractivity contribution >= 4 is 23.3 Å². The van der Waals surface area contributed by atoms with E-state index in [1.807, 2.05) is 37.3 Å². The van der Waals surface area contributed by atoms with E-state index in [4.69, 9.17) is 0 Å². The lowest BCUT2D eigenvalue weighted by Crippen LogP contribution is -2.53. The van der Waals surface area contributed by atoms with Crippen LogP contribution in [0.5, 0.6) is 0 Å². The number of carbonyl (C=O) groups excluding carboxylic acids is 2. The molecular formula is C25H23F3N4O2. The SMILES string of the molecule is Cc1cnccc1-c1ccc(N2CCCC(NC(=O)Nc3ccc(C(F)(F)F)cc3)C2=O)cc1. The molecule has 2 N–H and O–H groups in total. The van der Waals surface area contributed by atoms with E-state index in [2.05, 4.69) is 15.6 Å². The third kappa shape index (κ3) is 5.19. The number of benzene rings is 2. The summed E-state index contributed by atoms with van der Waals surface area (Å²) in [5.41, 5.74) is 3.25. The summed E-state index contributed by atoms with van der Waals surface area (Å²) in [4.78, 5) is 31.1. The number of nitrogens with one attached hydrogen (secondary N) is 2. The summed E-state index contributed by atoms with van der Waals surface area (Å²) in [6.45, 7) is 2.52. The van der Waals surface area contributed by atoms with Gasteiger partial charge >= 0.3 is 12.2 Å². The molecule has 0 aliphatic carbocycles. The Morgan fingerprint density at radius 3 is 2.41 bits per heavy atom. The second-order valence-corrected chi connectivity index (χ2v) is 8.10. The Morgan fingerprint density at radius 1 is 1.06 bits per heavy atom. The van der Waals surface area contributed by atoms with Crippen molar-refractivity contribution in [2.75, 3.05) is 16.8 Å². The van der Waals surface area contributed by atoms with Crippen LogP contribution >= 0.6 is 0 Å². The molecule has 1 aliphatic rings. The quantitative estimate of drug-likeness (QED) is 0.539. The van der Waals surface area contributed by atoms with Gasteiger partial charge in [-0.25, -0.2) is 4.79 Å². The van der Waals surface area contributed by atoms with Crippen molar-refractivity contribution in [1.29, 1.82) is 0 Å². The monoisotopic (exact) mass is 468 g/mol. The molecule has 3 amide bonds. The van der Waals surface area contributed by atoms with Crippen LogP contribution < -0.4 is 15.5 Å². The predicted octanol–water partition coefficient (Wildman–Crippen LogP) is 5.39. The molecule has 0 radical (unpaired) electrons. The van der Waals surface area contributed by atoms with Crippen LogP contribution in [0.1, 0.15) is 24.0 Å². The Labute approximate surface area is 194 Å². The largest absolute Gasteiger partial charge is 0.416 e. The van der Waals surface area contributed by atoms with Gasteiger partial charge in [0.1, 0.15) is 6.04 Å². The number of anilines is 2. The van der Waals surface area contributed by atoms with Crippen LogP contribution in [-0.4, -0.2) is 29.5 Å². The van der Waals surface area contributed by atoms with E-state index in [1.165, 1.54) is 12.1 Å². The Morgan fingerprint density at radius 2 is 1.76 bits per heavy atom. The average molecular weight is 468 g/mol. The molecule has 0 saturated carbocycles. The molecule has 1 saturated heterocycles. The molecule has 3 aromatic rings. The Balaban J connectivity index is 1.40. The Bertz CT molecular complexity index is 1180. The van der Waals surface area contributed by atoms with Crippen molar-refractivity contribution in [2.45, 2.75) is 32.0 Å². The number of hydrogen-bond donors (Lipinski definition) is 2. The van der Waals surface area contributed by atoms with Gasteiger partial charge in [-0.1, -0.05) is 12.1 Å². The van der Waals surface area contributed by atoms with E-state index >= 15 is 0 Å². The molecule has 1 aromatic heterocycles. The molecule has 176 valence electrons. The molecule has 34 heavy (non-hydrogen) atoms. The Hall–Kier alpha value is -3.88. The van der Waals surface area contributed by atoms with Gasteiger partial charge < -0.3 is 15.5 Å². The van der Waals surface area contributed by atoms with E-state index < -0.39 is 23.8 Å². The van der Waals surface area contributed by atoms with Gasteiger partial charge in [0.2, 0.25) is 5.91 Å². The molecule has 2 aromatic carbocycles. The van der Waals surface area contributed by atoms with Crippen LogP contribution in [-0.2, 0) is 11.0 Å². The highest BCUT2D eigenvalue weighted by Crippen LogP contribution is 2.30. The molecule has 1 aliphatic heterocycles. The van der Waals surface area contributed by atoms with Crippen molar-refractivity contribution in [2.24, 2.45) is 0 Å². The van der Waals surface area contributed by atoms with E-state index in [0.29, 0.717) is 19.4 Å². The van der Waals surface area contributed by atoms with Crippen molar-refractivity contribution in [3.63, 3.8) is 0 Å². The zero-order valence-corrected chi connectivity index (χ0v) is 18.4. The summed E-state index contributed by atoms with van der Waals surface area (Å²) in [5.74, 6) is -0.235. The second-order valence-electron chi connectivity index (χ2n) is 8.10. The Kier molecular flexibility index (Phi) is 6.54. The number of hydrogen-bond acceptors (Lipinski definition) is 3. The first-order valence-corrected chi connectivity index (χ1v) is 10.8. The normalized spacial score (nSPS) is 16.3. The smallest absolute Gasteiger partial charge is 0.326 e. The van der Waals surface area contributed by atoms with Gasteiger partial charge in [0.15, 0.2) is 0 Å². The summed E-state index contributed by atoms with van der Waals surface area (Å²) < 4.78 is 38.1. The number of aromatic nitrogens is 1. The maximum Gasteiger partial charge on any atom is 0.416 e. The van der Waals surface area contributed by atoms with Crippen molar-refractivity contribution < 1.29 is 22.8 Å². The van der Waals surface area contributed by atoms with E-state index in [9.17, 15) is 22.8 Å². The van der Waals surface area contributed by atoms with Gasteiger partial charge in [0.25, 0.3) is 0 Å². The van der Waals surface area contributed by atoms with Gasteiger partial charge in [-0.05, 0) is 78.9 Å². The van der Waals surface area contributed by atoms with Crippen LogP contribution in [0.25, 0.3) is 11.1 Å². The van der Waals surface area contributed by atoms with Gasteiger partial charge in [0.05, 0.1) is 5.56 Å². The minimum atomic E-state index is -4.45. The van der Waals surface area contributed by atoms with Crippen molar-refractivity contribution in [3.8, 4) is 11.1 Å². The number of alkyl halides is 3. The fraction of sp³-hybridized carbons (Fsp3) is 0.240. The summed E-state index contributed by atoms with van der Waals surface area (Å²) >= 11 is 0. The van der Waals surface area contributed by atoms with Crippen molar-refractivity contribution in [3.05, 3.63) is 78.1 Å². The molecule has 0 bridgehead atoms. The summed E-state index contributed by atoms with van der Waals surface area (Å²) in [7, 11) is 0. The van der Waals surface area contributed by atoms with Gasteiger partial charge in [-0.3, -0.25) is 9.78 Å². The molecule has 4 rings (SSSR count). The highest BCUT2D eigenvalue weighted by atomic mass is 19.4. The van der Waals surface area contributed by atoms with E-state index in [1.54, 1.807) is 17.3 Å². The summed E-state index contributed by atoms with van der Waals surface area (Å²) in [5, 5.41) is 5.12. The lowest BCUT2D eigenvalue weighted by molar-refractivity contribution is -0.137. The topological polar surface area (TPSA) is 74.3 Å². The zero-order chi connectivity index (χ0) is 24.3.